The van der Waals surface area contributed by atoms with Crippen molar-refractivity contribution in [1.29, 1.82) is 0 Å². The summed E-state index contributed by atoms with van der Waals surface area (Å²) >= 11 is 4.91. The summed E-state index contributed by atoms with van der Waals surface area (Å²) in [5.74, 6) is 0.773. The van der Waals surface area contributed by atoms with Gasteiger partial charge in [0.25, 0.3) is 0 Å². The van der Waals surface area contributed by atoms with Crippen LogP contribution in [0.4, 0.5) is 0 Å². The van der Waals surface area contributed by atoms with E-state index in [0.29, 0.717) is 18.2 Å². The lowest BCUT2D eigenvalue weighted by Gasteiger charge is -2.08. The molecule has 1 rings (SSSR count). The van der Waals surface area contributed by atoms with E-state index in [1.807, 2.05) is 25.1 Å². The van der Waals surface area contributed by atoms with Crippen molar-refractivity contribution in [2.75, 3.05) is 20.3 Å². The summed E-state index contributed by atoms with van der Waals surface area (Å²) < 4.78 is 10.4. The lowest BCUT2D eigenvalue weighted by Crippen LogP contribution is -2.10. The van der Waals surface area contributed by atoms with Crippen LogP contribution in [0.25, 0.3) is 0 Å². The van der Waals surface area contributed by atoms with Crippen molar-refractivity contribution in [2.45, 2.75) is 6.92 Å². The fourth-order valence-corrected chi connectivity index (χ4v) is 1.33. The highest BCUT2D eigenvalue weighted by atomic mass is 32.1. The summed E-state index contributed by atoms with van der Waals surface area (Å²) in [6.45, 7) is 3.07. The molecule has 4 heteroatoms. The Bertz CT molecular complexity index is 352. The highest BCUT2D eigenvalue weighted by Crippen LogP contribution is 2.16. The Hall–Kier alpha value is -1.13. The van der Waals surface area contributed by atoms with Crippen LogP contribution in [0.2, 0.25) is 0 Å². The number of ether oxygens (including phenoxy) is 2. The molecule has 0 bridgehead atoms. The molecule has 3 nitrogen and oxygen atoms in total. The second-order valence-electron chi connectivity index (χ2n) is 3.24. The van der Waals surface area contributed by atoms with Gasteiger partial charge in [-0.25, -0.2) is 0 Å². The standard InChI is InChI=1S/C11H15NO2S/c1-8-5-9(11(12)15)7-10(6-8)14-4-3-13-2/h5-7H,3-4H2,1-2H3,(H2,12,15). The summed E-state index contributed by atoms with van der Waals surface area (Å²) in [5, 5.41) is 0. The van der Waals surface area contributed by atoms with Crippen LogP contribution in [0.3, 0.4) is 0 Å². The Kier molecular flexibility index (Phi) is 4.52. The van der Waals surface area contributed by atoms with Crippen molar-refractivity contribution in [1.82, 2.24) is 0 Å². The summed E-state index contributed by atoms with van der Waals surface area (Å²) in [6.07, 6.45) is 0. The first-order valence-corrected chi connectivity index (χ1v) is 5.07. The average Bonchev–Trinajstić information content (AvgIpc) is 2.17. The minimum absolute atomic E-state index is 0.385. The van der Waals surface area contributed by atoms with E-state index in [2.05, 4.69) is 0 Å². The van der Waals surface area contributed by atoms with Gasteiger partial charge < -0.3 is 15.2 Å². The summed E-state index contributed by atoms with van der Waals surface area (Å²) in [4.78, 5) is 0.385. The molecule has 0 heterocycles. The van der Waals surface area contributed by atoms with Crippen LogP contribution >= 0.6 is 12.2 Å². The second kappa shape index (κ2) is 5.68. The molecular weight excluding hydrogens is 210 g/mol. The van der Waals surface area contributed by atoms with Gasteiger partial charge in [-0.2, -0.15) is 0 Å². The zero-order valence-corrected chi connectivity index (χ0v) is 9.76. The minimum Gasteiger partial charge on any atom is -0.491 e. The van der Waals surface area contributed by atoms with Gasteiger partial charge in [0.2, 0.25) is 0 Å². The molecule has 15 heavy (non-hydrogen) atoms. The van der Waals surface area contributed by atoms with Crippen molar-refractivity contribution in [3.05, 3.63) is 29.3 Å². The smallest absolute Gasteiger partial charge is 0.120 e. The number of benzene rings is 1. The van der Waals surface area contributed by atoms with E-state index in [9.17, 15) is 0 Å². The van der Waals surface area contributed by atoms with Gasteiger partial charge in [0, 0.05) is 12.7 Å². The summed E-state index contributed by atoms with van der Waals surface area (Å²) in [5.41, 5.74) is 7.47. The molecule has 0 spiro atoms. The number of methoxy groups -OCH3 is 1. The minimum atomic E-state index is 0.385. The monoisotopic (exact) mass is 225 g/mol. The van der Waals surface area contributed by atoms with Gasteiger partial charge in [-0.1, -0.05) is 12.2 Å². The Balaban J connectivity index is 2.75. The second-order valence-corrected chi connectivity index (χ2v) is 3.68. The lowest BCUT2D eigenvalue weighted by atomic mass is 10.1. The number of thiocarbonyl (C=S) groups is 1. The van der Waals surface area contributed by atoms with Crippen LogP contribution in [0, 0.1) is 6.92 Å². The molecule has 0 aromatic heterocycles. The maximum absolute atomic E-state index is 5.56. The first-order chi connectivity index (χ1) is 7.13. The molecule has 2 N–H and O–H groups in total. The molecule has 0 saturated heterocycles. The van der Waals surface area contributed by atoms with E-state index in [4.69, 9.17) is 27.4 Å². The normalized spacial score (nSPS) is 10.0. The fraction of sp³-hybridized carbons (Fsp3) is 0.364. The first-order valence-electron chi connectivity index (χ1n) is 4.66. The quantitative estimate of drug-likeness (QED) is 0.611. The highest BCUT2D eigenvalue weighted by Gasteiger charge is 2.01. The Morgan fingerprint density at radius 3 is 2.67 bits per heavy atom. The number of nitrogens with two attached hydrogens (primary N) is 1. The van der Waals surface area contributed by atoms with E-state index in [1.54, 1.807) is 7.11 Å². The van der Waals surface area contributed by atoms with Crippen molar-refractivity contribution >= 4 is 17.2 Å². The average molecular weight is 225 g/mol. The molecule has 0 aliphatic heterocycles. The number of hydrogen-bond acceptors (Lipinski definition) is 3. The van der Waals surface area contributed by atoms with E-state index in [-0.39, 0.29) is 0 Å². The van der Waals surface area contributed by atoms with Crippen molar-refractivity contribution in [3.63, 3.8) is 0 Å². The van der Waals surface area contributed by atoms with Gasteiger partial charge in [-0.3, -0.25) is 0 Å². The van der Waals surface area contributed by atoms with Gasteiger partial charge in [-0.15, -0.1) is 0 Å². The Morgan fingerprint density at radius 2 is 2.07 bits per heavy atom. The maximum atomic E-state index is 5.56. The zero-order chi connectivity index (χ0) is 11.3. The molecule has 0 aliphatic carbocycles. The number of aryl methyl sites for hydroxylation is 1. The first kappa shape index (κ1) is 11.9. The molecule has 0 atom stereocenters. The van der Waals surface area contributed by atoms with Crippen LogP contribution in [0.5, 0.6) is 5.75 Å². The lowest BCUT2D eigenvalue weighted by molar-refractivity contribution is 0.146. The molecule has 0 saturated carbocycles. The summed E-state index contributed by atoms with van der Waals surface area (Å²) in [7, 11) is 1.64. The molecule has 1 aromatic rings. The van der Waals surface area contributed by atoms with Gasteiger partial charge in [0.1, 0.15) is 17.3 Å². The van der Waals surface area contributed by atoms with E-state index in [0.717, 1.165) is 16.9 Å². The fourth-order valence-electron chi connectivity index (χ4n) is 1.22. The molecule has 0 aliphatic rings. The van der Waals surface area contributed by atoms with Gasteiger partial charge in [0.05, 0.1) is 6.61 Å². The third-order valence-corrected chi connectivity index (χ3v) is 2.13. The maximum Gasteiger partial charge on any atom is 0.120 e. The molecule has 1 aromatic carbocycles. The van der Waals surface area contributed by atoms with Crippen LogP contribution in [-0.4, -0.2) is 25.3 Å². The van der Waals surface area contributed by atoms with Crippen LogP contribution in [0.15, 0.2) is 18.2 Å². The van der Waals surface area contributed by atoms with E-state index < -0.39 is 0 Å². The van der Waals surface area contributed by atoms with Gasteiger partial charge >= 0.3 is 0 Å². The molecule has 0 amide bonds. The van der Waals surface area contributed by atoms with Crippen LogP contribution in [-0.2, 0) is 4.74 Å². The number of hydrogen-bond donors (Lipinski definition) is 1. The topological polar surface area (TPSA) is 44.5 Å². The molecular formula is C11H15NO2S. The van der Waals surface area contributed by atoms with Crippen LogP contribution in [0.1, 0.15) is 11.1 Å². The predicted molar refractivity (Wildman–Crippen MR) is 64.4 cm³/mol. The van der Waals surface area contributed by atoms with Crippen molar-refractivity contribution in [3.8, 4) is 5.75 Å². The largest absolute Gasteiger partial charge is 0.491 e. The van der Waals surface area contributed by atoms with Crippen LogP contribution < -0.4 is 10.5 Å². The van der Waals surface area contributed by atoms with Crippen molar-refractivity contribution in [2.24, 2.45) is 5.73 Å². The zero-order valence-electron chi connectivity index (χ0n) is 8.95. The Morgan fingerprint density at radius 1 is 1.33 bits per heavy atom. The highest BCUT2D eigenvalue weighted by molar-refractivity contribution is 7.80. The molecule has 0 unspecified atom stereocenters. The summed E-state index contributed by atoms with van der Waals surface area (Å²) in [6, 6.07) is 5.72. The SMILES string of the molecule is COCCOc1cc(C)cc(C(N)=S)c1. The van der Waals surface area contributed by atoms with E-state index in [1.165, 1.54) is 0 Å². The third-order valence-electron chi connectivity index (χ3n) is 1.89. The molecule has 82 valence electrons. The third kappa shape index (κ3) is 3.85. The van der Waals surface area contributed by atoms with Crippen molar-refractivity contribution < 1.29 is 9.47 Å². The van der Waals surface area contributed by atoms with Gasteiger partial charge in [-0.05, 0) is 30.7 Å². The predicted octanol–water partition coefficient (Wildman–Crippen LogP) is 1.65. The molecule has 0 radical (unpaired) electrons. The number of rotatable bonds is 5. The van der Waals surface area contributed by atoms with Gasteiger partial charge in [0.15, 0.2) is 0 Å². The van der Waals surface area contributed by atoms with E-state index >= 15 is 0 Å². The molecule has 0 fully saturated rings. The Labute approximate surface area is 95.2 Å².